The fourth-order valence-corrected chi connectivity index (χ4v) is 2.24. The number of nitrogens with one attached hydrogen (secondary N) is 1. The second-order valence-corrected chi connectivity index (χ2v) is 5.18. The van der Waals surface area contributed by atoms with E-state index < -0.39 is 0 Å². The molecule has 0 spiro atoms. The predicted molar refractivity (Wildman–Crippen MR) is 79.6 cm³/mol. The summed E-state index contributed by atoms with van der Waals surface area (Å²) in [6, 6.07) is 9.50. The molecule has 0 aliphatic carbocycles. The van der Waals surface area contributed by atoms with Crippen LogP contribution in [0.4, 0.5) is 0 Å². The fourth-order valence-electron chi connectivity index (χ4n) is 2.03. The molecule has 2 aromatic rings. The second kappa shape index (κ2) is 6.57. The van der Waals surface area contributed by atoms with Crippen LogP contribution < -0.4 is 5.32 Å². The lowest BCUT2D eigenvalue weighted by Gasteiger charge is -2.08. The van der Waals surface area contributed by atoms with Crippen LogP contribution in [0.5, 0.6) is 0 Å². The Balaban J connectivity index is 1.82. The SMILES string of the molecule is Cc1cc(C)n(CCC(=O)NCc2ccccc2Cl)n1. The van der Waals surface area contributed by atoms with Crippen molar-refractivity contribution in [1.29, 1.82) is 0 Å². The summed E-state index contributed by atoms with van der Waals surface area (Å²) in [6.45, 7) is 4.98. The van der Waals surface area contributed by atoms with E-state index in [1.807, 2.05) is 48.9 Å². The first-order valence-corrected chi connectivity index (χ1v) is 6.95. The third-order valence-electron chi connectivity index (χ3n) is 3.09. The van der Waals surface area contributed by atoms with Crippen LogP contribution in [-0.4, -0.2) is 15.7 Å². The molecule has 5 heteroatoms. The molecule has 0 saturated carbocycles. The van der Waals surface area contributed by atoms with Gasteiger partial charge in [0.05, 0.1) is 5.69 Å². The van der Waals surface area contributed by atoms with Gasteiger partial charge >= 0.3 is 0 Å². The molecule has 20 heavy (non-hydrogen) atoms. The van der Waals surface area contributed by atoms with Gasteiger partial charge in [-0.3, -0.25) is 9.48 Å². The lowest BCUT2D eigenvalue weighted by Crippen LogP contribution is -2.24. The number of carbonyl (C=O) groups is 1. The zero-order valence-electron chi connectivity index (χ0n) is 11.7. The van der Waals surface area contributed by atoms with E-state index in [9.17, 15) is 4.79 Å². The van der Waals surface area contributed by atoms with Crippen LogP contribution in [0.15, 0.2) is 30.3 Å². The summed E-state index contributed by atoms with van der Waals surface area (Å²) >= 11 is 6.04. The third kappa shape index (κ3) is 3.84. The molecule has 2 rings (SSSR count). The highest BCUT2D eigenvalue weighted by molar-refractivity contribution is 6.31. The van der Waals surface area contributed by atoms with Crippen LogP contribution in [0, 0.1) is 13.8 Å². The van der Waals surface area contributed by atoms with Crippen LogP contribution in [0.3, 0.4) is 0 Å². The van der Waals surface area contributed by atoms with Crippen molar-refractivity contribution in [2.45, 2.75) is 33.4 Å². The lowest BCUT2D eigenvalue weighted by molar-refractivity contribution is -0.121. The molecule has 1 aromatic heterocycles. The molecule has 1 heterocycles. The van der Waals surface area contributed by atoms with Gasteiger partial charge in [-0.1, -0.05) is 29.8 Å². The number of aromatic nitrogens is 2. The molecule has 1 N–H and O–H groups in total. The molecular formula is C15H18ClN3O. The maximum Gasteiger partial charge on any atom is 0.222 e. The molecule has 0 aliphatic rings. The van der Waals surface area contributed by atoms with Crippen molar-refractivity contribution in [2.24, 2.45) is 0 Å². The van der Waals surface area contributed by atoms with E-state index in [-0.39, 0.29) is 5.91 Å². The Morgan fingerprint density at radius 1 is 1.35 bits per heavy atom. The Morgan fingerprint density at radius 2 is 2.10 bits per heavy atom. The van der Waals surface area contributed by atoms with Gasteiger partial charge in [0.25, 0.3) is 0 Å². The zero-order chi connectivity index (χ0) is 14.5. The summed E-state index contributed by atoms with van der Waals surface area (Å²) in [4.78, 5) is 11.8. The first kappa shape index (κ1) is 14.6. The van der Waals surface area contributed by atoms with Gasteiger partial charge in [0.1, 0.15) is 0 Å². The summed E-state index contributed by atoms with van der Waals surface area (Å²) < 4.78 is 1.85. The highest BCUT2D eigenvalue weighted by Crippen LogP contribution is 2.14. The topological polar surface area (TPSA) is 46.9 Å². The highest BCUT2D eigenvalue weighted by Gasteiger charge is 2.06. The molecule has 0 atom stereocenters. The minimum absolute atomic E-state index is 0.00234. The van der Waals surface area contributed by atoms with Crippen molar-refractivity contribution < 1.29 is 4.79 Å². The minimum atomic E-state index is -0.00234. The molecule has 0 bridgehead atoms. The van der Waals surface area contributed by atoms with Gasteiger partial charge in [-0.15, -0.1) is 0 Å². The van der Waals surface area contributed by atoms with E-state index in [1.165, 1.54) is 0 Å². The van der Waals surface area contributed by atoms with Crippen LogP contribution in [-0.2, 0) is 17.9 Å². The van der Waals surface area contributed by atoms with Gasteiger partial charge in [-0.05, 0) is 31.5 Å². The first-order chi connectivity index (χ1) is 9.56. The summed E-state index contributed by atoms with van der Waals surface area (Å²) in [5, 5.41) is 7.87. The molecule has 0 fully saturated rings. The number of nitrogens with zero attached hydrogens (tertiary/aromatic N) is 2. The number of halogens is 1. The van der Waals surface area contributed by atoms with Crippen LogP contribution in [0.2, 0.25) is 5.02 Å². The van der Waals surface area contributed by atoms with E-state index in [1.54, 1.807) is 0 Å². The molecule has 4 nitrogen and oxygen atoms in total. The Bertz CT molecular complexity index is 607. The van der Waals surface area contributed by atoms with Gasteiger partial charge in [-0.2, -0.15) is 5.10 Å². The monoisotopic (exact) mass is 291 g/mol. The number of benzene rings is 1. The number of rotatable bonds is 5. The van der Waals surface area contributed by atoms with E-state index in [4.69, 9.17) is 11.6 Å². The van der Waals surface area contributed by atoms with Crippen molar-refractivity contribution in [3.8, 4) is 0 Å². The van der Waals surface area contributed by atoms with Crippen molar-refractivity contribution in [3.63, 3.8) is 0 Å². The van der Waals surface area contributed by atoms with Gasteiger partial charge in [0.2, 0.25) is 5.91 Å². The smallest absolute Gasteiger partial charge is 0.222 e. The zero-order valence-corrected chi connectivity index (χ0v) is 12.4. The van der Waals surface area contributed by atoms with Crippen LogP contribution >= 0.6 is 11.6 Å². The molecule has 0 aliphatic heterocycles. The molecule has 1 aromatic carbocycles. The Hall–Kier alpha value is -1.81. The van der Waals surface area contributed by atoms with E-state index >= 15 is 0 Å². The summed E-state index contributed by atoms with van der Waals surface area (Å²) in [6.07, 6.45) is 0.409. The first-order valence-electron chi connectivity index (χ1n) is 6.57. The maximum atomic E-state index is 11.8. The highest BCUT2D eigenvalue weighted by atomic mass is 35.5. The van der Waals surface area contributed by atoms with Crippen molar-refractivity contribution in [3.05, 3.63) is 52.3 Å². The van der Waals surface area contributed by atoms with Gasteiger partial charge in [-0.25, -0.2) is 0 Å². The number of hydrogen-bond acceptors (Lipinski definition) is 2. The Kier molecular flexibility index (Phi) is 4.79. The number of hydrogen-bond donors (Lipinski definition) is 1. The standard InChI is InChI=1S/C15H18ClN3O/c1-11-9-12(2)19(18-11)8-7-15(20)17-10-13-5-3-4-6-14(13)16/h3-6,9H,7-8,10H2,1-2H3,(H,17,20). The third-order valence-corrected chi connectivity index (χ3v) is 3.46. The van der Waals surface area contributed by atoms with Crippen LogP contribution in [0.25, 0.3) is 0 Å². The molecule has 106 valence electrons. The van der Waals surface area contributed by atoms with Gasteiger partial charge in [0, 0.05) is 30.2 Å². The average Bonchev–Trinajstić information content (AvgIpc) is 2.74. The summed E-state index contributed by atoms with van der Waals surface area (Å²) in [5.74, 6) is -0.00234. The Morgan fingerprint density at radius 3 is 2.75 bits per heavy atom. The molecule has 0 radical (unpaired) electrons. The van der Waals surface area contributed by atoms with E-state index in [0.717, 1.165) is 17.0 Å². The summed E-state index contributed by atoms with van der Waals surface area (Å²) in [7, 11) is 0. The van der Waals surface area contributed by atoms with Crippen molar-refractivity contribution in [1.82, 2.24) is 15.1 Å². The van der Waals surface area contributed by atoms with E-state index in [0.29, 0.717) is 24.5 Å². The lowest BCUT2D eigenvalue weighted by atomic mass is 10.2. The molecule has 0 unspecified atom stereocenters. The summed E-state index contributed by atoms with van der Waals surface area (Å²) in [5.41, 5.74) is 2.97. The van der Waals surface area contributed by atoms with Gasteiger partial charge < -0.3 is 5.32 Å². The van der Waals surface area contributed by atoms with Crippen molar-refractivity contribution in [2.75, 3.05) is 0 Å². The number of amides is 1. The van der Waals surface area contributed by atoms with Gasteiger partial charge in [0.15, 0.2) is 0 Å². The largest absolute Gasteiger partial charge is 0.352 e. The number of carbonyl (C=O) groups excluding carboxylic acids is 1. The van der Waals surface area contributed by atoms with Crippen LogP contribution in [0.1, 0.15) is 23.4 Å². The minimum Gasteiger partial charge on any atom is -0.352 e. The van der Waals surface area contributed by atoms with E-state index in [2.05, 4.69) is 10.4 Å². The normalized spacial score (nSPS) is 10.6. The fraction of sp³-hybridized carbons (Fsp3) is 0.333. The maximum absolute atomic E-state index is 11.8. The molecule has 1 amide bonds. The van der Waals surface area contributed by atoms with Crippen molar-refractivity contribution >= 4 is 17.5 Å². The quantitative estimate of drug-likeness (QED) is 0.921. The molecular weight excluding hydrogens is 274 g/mol. The number of aryl methyl sites for hydroxylation is 3. The Labute approximate surface area is 123 Å². The predicted octanol–water partition coefficient (Wildman–Crippen LogP) is 2.86. The average molecular weight is 292 g/mol. The molecule has 0 saturated heterocycles. The second-order valence-electron chi connectivity index (χ2n) is 4.77.